The molecular weight excluding hydrogens is 164 g/mol. The molecule has 1 aliphatic rings. The first-order valence-electron chi connectivity index (χ1n) is 5.02. The molecule has 1 rings (SSSR count). The molecule has 0 fully saturated rings. The molecule has 0 amide bonds. The van der Waals surface area contributed by atoms with Gasteiger partial charge in [-0.1, -0.05) is 13.8 Å². The molecule has 1 heterocycles. The van der Waals surface area contributed by atoms with Crippen molar-refractivity contribution in [3.63, 3.8) is 0 Å². The smallest absolute Gasteiger partial charge is 0.190 e. The zero-order valence-corrected chi connectivity index (χ0v) is 9.27. The van der Waals surface area contributed by atoms with Crippen LogP contribution in [0.25, 0.3) is 0 Å². The Morgan fingerprint density at radius 2 is 1.77 bits per heavy atom. The molecule has 0 aromatic rings. The quantitative estimate of drug-likeness (QED) is 0.642. The van der Waals surface area contributed by atoms with Crippen LogP contribution in [-0.4, -0.2) is 16.9 Å². The standard InChI is InChI=1S/C10H20N2O/c1-6-10(7-2)11-8(3)9(4,5)12(10)13/h12H,6-7H2,1-5H3. The van der Waals surface area contributed by atoms with Crippen molar-refractivity contribution in [1.29, 1.82) is 0 Å². The Bertz CT molecular complexity index is 229. The molecule has 1 unspecified atom stereocenters. The first-order chi connectivity index (χ1) is 5.90. The van der Waals surface area contributed by atoms with Crippen LogP contribution in [0.3, 0.4) is 0 Å². The van der Waals surface area contributed by atoms with E-state index < -0.39 is 5.66 Å². The number of nitrogens with one attached hydrogen (secondary N) is 1. The topological polar surface area (TPSA) is 39.9 Å². The Morgan fingerprint density at radius 1 is 1.31 bits per heavy atom. The average molecular weight is 184 g/mol. The first kappa shape index (κ1) is 10.7. The molecule has 3 heteroatoms. The Kier molecular flexibility index (Phi) is 2.52. The highest BCUT2D eigenvalue weighted by Gasteiger charge is 2.48. The maximum atomic E-state index is 12.1. The van der Waals surface area contributed by atoms with Crippen LogP contribution in [0.4, 0.5) is 0 Å². The highest BCUT2D eigenvalue weighted by atomic mass is 16.5. The number of hydroxylamine groups is 2. The third kappa shape index (κ3) is 1.30. The minimum absolute atomic E-state index is 0.294. The van der Waals surface area contributed by atoms with Gasteiger partial charge in [0, 0.05) is 12.8 Å². The fourth-order valence-electron chi connectivity index (χ4n) is 1.99. The summed E-state index contributed by atoms with van der Waals surface area (Å²) in [6.45, 7) is 9.99. The van der Waals surface area contributed by atoms with Crippen molar-refractivity contribution >= 4 is 5.71 Å². The normalized spacial score (nSPS) is 30.3. The minimum atomic E-state index is -0.409. The Balaban J connectivity index is 3.07. The van der Waals surface area contributed by atoms with Crippen molar-refractivity contribution in [2.75, 3.05) is 0 Å². The minimum Gasteiger partial charge on any atom is -0.632 e. The zero-order chi connectivity index (χ0) is 10.3. The molecule has 0 saturated carbocycles. The van der Waals surface area contributed by atoms with Gasteiger partial charge in [0.1, 0.15) is 5.54 Å². The van der Waals surface area contributed by atoms with Crippen LogP contribution in [0.15, 0.2) is 4.99 Å². The summed E-state index contributed by atoms with van der Waals surface area (Å²) in [5, 5.41) is 12.4. The van der Waals surface area contributed by atoms with E-state index in [2.05, 4.69) is 4.99 Å². The van der Waals surface area contributed by atoms with Crippen molar-refractivity contribution in [3.05, 3.63) is 5.21 Å². The van der Waals surface area contributed by atoms with E-state index in [1.165, 1.54) is 0 Å². The Morgan fingerprint density at radius 3 is 1.92 bits per heavy atom. The third-order valence-corrected chi connectivity index (χ3v) is 3.45. The van der Waals surface area contributed by atoms with Crippen LogP contribution in [-0.2, 0) is 0 Å². The van der Waals surface area contributed by atoms with E-state index in [0.29, 0.717) is 5.06 Å². The number of hydrogen-bond acceptors (Lipinski definition) is 2. The van der Waals surface area contributed by atoms with Crippen LogP contribution < -0.4 is 5.06 Å². The summed E-state index contributed by atoms with van der Waals surface area (Å²) in [6.07, 6.45) is 1.65. The molecule has 0 aliphatic carbocycles. The maximum absolute atomic E-state index is 12.1. The zero-order valence-electron chi connectivity index (χ0n) is 9.27. The Hall–Kier alpha value is -0.410. The van der Waals surface area contributed by atoms with Crippen LogP contribution >= 0.6 is 0 Å². The molecule has 13 heavy (non-hydrogen) atoms. The van der Waals surface area contributed by atoms with Crippen LogP contribution in [0, 0.1) is 5.21 Å². The van der Waals surface area contributed by atoms with Gasteiger partial charge in [-0.15, -0.1) is 0 Å². The third-order valence-electron chi connectivity index (χ3n) is 3.45. The van der Waals surface area contributed by atoms with Crippen LogP contribution in [0.5, 0.6) is 0 Å². The number of nitrogens with zero attached hydrogens (tertiary/aromatic N) is 1. The van der Waals surface area contributed by atoms with Gasteiger partial charge in [-0.05, 0) is 20.8 Å². The molecule has 0 radical (unpaired) electrons. The van der Waals surface area contributed by atoms with E-state index in [9.17, 15) is 5.21 Å². The molecular formula is C10H20N2O. The maximum Gasteiger partial charge on any atom is 0.190 e. The van der Waals surface area contributed by atoms with E-state index in [-0.39, 0.29) is 5.54 Å². The highest BCUT2D eigenvalue weighted by Crippen LogP contribution is 2.23. The van der Waals surface area contributed by atoms with E-state index in [1.807, 2.05) is 34.6 Å². The van der Waals surface area contributed by atoms with Gasteiger partial charge in [0.15, 0.2) is 5.66 Å². The van der Waals surface area contributed by atoms with E-state index in [0.717, 1.165) is 18.6 Å². The Labute approximate surface area is 80.4 Å². The average Bonchev–Trinajstić information content (AvgIpc) is 2.27. The van der Waals surface area contributed by atoms with Gasteiger partial charge in [0.25, 0.3) is 0 Å². The second-order valence-corrected chi connectivity index (χ2v) is 4.39. The molecule has 0 aromatic carbocycles. The summed E-state index contributed by atoms with van der Waals surface area (Å²) in [4.78, 5) is 4.56. The van der Waals surface area contributed by atoms with E-state index >= 15 is 0 Å². The second kappa shape index (κ2) is 3.07. The SMILES string of the molecule is CCC1(CC)N=C(C)C(C)(C)[NH+]1[O-]. The molecule has 76 valence electrons. The van der Waals surface area contributed by atoms with Gasteiger partial charge in [-0.3, -0.25) is 0 Å². The van der Waals surface area contributed by atoms with E-state index in [1.54, 1.807) is 0 Å². The summed E-state index contributed by atoms with van der Waals surface area (Å²) < 4.78 is 0. The molecule has 0 aromatic heterocycles. The van der Waals surface area contributed by atoms with Crippen molar-refractivity contribution in [3.8, 4) is 0 Å². The molecule has 1 atom stereocenters. The lowest BCUT2D eigenvalue weighted by Crippen LogP contribution is -3.21. The molecule has 0 spiro atoms. The number of hydrogen-bond donors (Lipinski definition) is 1. The molecule has 0 bridgehead atoms. The van der Waals surface area contributed by atoms with Gasteiger partial charge >= 0.3 is 0 Å². The first-order valence-corrected chi connectivity index (χ1v) is 5.02. The van der Waals surface area contributed by atoms with Crippen molar-refractivity contribution in [1.82, 2.24) is 0 Å². The van der Waals surface area contributed by atoms with Crippen molar-refractivity contribution < 1.29 is 5.06 Å². The summed E-state index contributed by atoms with van der Waals surface area (Å²) in [5.74, 6) is 0. The van der Waals surface area contributed by atoms with Gasteiger partial charge in [0.2, 0.25) is 0 Å². The summed E-state index contributed by atoms with van der Waals surface area (Å²) in [6, 6.07) is 0. The predicted molar refractivity (Wildman–Crippen MR) is 54.8 cm³/mol. The summed E-state index contributed by atoms with van der Waals surface area (Å²) in [7, 11) is 0. The van der Waals surface area contributed by atoms with Gasteiger partial charge in [-0.2, -0.15) is 0 Å². The van der Waals surface area contributed by atoms with Crippen molar-refractivity contribution in [2.24, 2.45) is 4.99 Å². The van der Waals surface area contributed by atoms with Crippen LogP contribution in [0.2, 0.25) is 0 Å². The number of aliphatic imine (C=N–C) groups is 1. The van der Waals surface area contributed by atoms with Gasteiger partial charge in [0.05, 0.1) is 5.71 Å². The van der Waals surface area contributed by atoms with E-state index in [4.69, 9.17) is 0 Å². The number of rotatable bonds is 2. The second-order valence-electron chi connectivity index (χ2n) is 4.39. The van der Waals surface area contributed by atoms with Gasteiger partial charge in [-0.25, -0.2) is 4.99 Å². The highest BCUT2D eigenvalue weighted by molar-refractivity contribution is 5.90. The summed E-state index contributed by atoms with van der Waals surface area (Å²) >= 11 is 0. The molecule has 3 nitrogen and oxygen atoms in total. The monoisotopic (exact) mass is 184 g/mol. The summed E-state index contributed by atoms with van der Waals surface area (Å²) in [5.41, 5.74) is 0.237. The van der Waals surface area contributed by atoms with Crippen LogP contribution in [0.1, 0.15) is 47.5 Å². The predicted octanol–water partition coefficient (Wildman–Crippen LogP) is 1.14. The molecule has 1 aliphatic heterocycles. The molecule has 1 N–H and O–H groups in total. The fraction of sp³-hybridized carbons (Fsp3) is 0.900. The number of quaternary nitrogens is 1. The lowest BCUT2D eigenvalue weighted by atomic mass is 9.98. The van der Waals surface area contributed by atoms with Gasteiger partial charge < -0.3 is 10.3 Å². The fourth-order valence-corrected chi connectivity index (χ4v) is 1.99. The largest absolute Gasteiger partial charge is 0.632 e. The lowest BCUT2D eigenvalue weighted by Gasteiger charge is -2.42. The lowest BCUT2D eigenvalue weighted by molar-refractivity contribution is -0.934. The molecule has 0 saturated heterocycles. The van der Waals surface area contributed by atoms with Crippen molar-refractivity contribution in [2.45, 2.75) is 58.7 Å².